The molecule has 6 nitrogen and oxygen atoms in total. The molecule has 2 rings (SSSR count). The van der Waals surface area contributed by atoms with E-state index in [4.69, 9.17) is 0 Å². The number of sulfonamides is 1. The molecule has 0 aliphatic rings. The number of rotatable bonds is 3. The van der Waals surface area contributed by atoms with Gasteiger partial charge in [0.15, 0.2) is 5.03 Å². The molecule has 0 unspecified atom stereocenters. The van der Waals surface area contributed by atoms with Crippen molar-refractivity contribution in [3.63, 3.8) is 0 Å². The first kappa shape index (κ1) is 12.4. The average molecular weight is 271 g/mol. The summed E-state index contributed by atoms with van der Waals surface area (Å²) in [5.41, 5.74) is -0.226. The molecule has 0 atom stereocenters. The second kappa shape index (κ2) is 4.30. The summed E-state index contributed by atoms with van der Waals surface area (Å²) >= 11 is 0. The van der Waals surface area contributed by atoms with Crippen molar-refractivity contribution in [3.8, 4) is 5.75 Å². The highest BCUT2D eigenvalue weighted by Gasteiger charge is 2.19. The van der Waals surface area contributed by atoms with E-state index in [-0.39, 0.29) is 16.5 Å². The molecule has 2 aromatic rings. The third kappa shape index (κ3) is 2.28. The molecule has 0 saturated heterocycles. The third-order valence-corrected chi connectivity index (χ3v) is 3.69. The molecule has 0 radical (unpaired) electrons. The van der Waals surface area contributed by atoms with E-state index in [0.29, 0.717) is 0 Å². The van der Waals surface area contributed by atoms with Crippen LogP contribution in [0.3, 0.4) is 0 Å². The Morgan fingerprint density at radius 2 is 2.11 bits per heavy atom. The molecule has 18 heavy (non-hydrogen) atoms. The molecule has 0 aliphatic carbocycles. The lowest BCUT2D eigenvalue weighted by molar-refractivity contribution is 0.475. The van der Waals surface area contributed by atoms with Gasteiger partial charge in [0.2, 0.25) is 0 Å². The zero-order chi connectivity index (χ0) is 13.3. The van der Waals surface area contributed by atoms with Crippen molar-refractivity contribution in [2.75, 3.05) is 4.72 Å². The standard InChI is InChI=1S/C10H10FN3O3S/c1-14-10(4-5-12-14)18(16,17)13-8-6-7(11)2-3-9(8)15/h2-6,13,15H,1H3. The smallest absolute Gasteiger partial charge is 0.279 e. The van der Waals surface area contributed by atoms with E-state index in [2.05, 4.69) is 9.82 Å². The summed E-state index contributed by atoms with van der Waals surface area (Å²) in [4.78, 5) is 0. The van der Waals surface area contributed by atoms with Gasteiger partial charge in [-0.05, 0) is 18.2 Å². The van der Waals surface area contributed by atoms with Crippen LogP contribution in [-0.2, 0) is 17.1 Å². The van der Waals surface area contributed by atoms with E-state index in [1.807, 2.05) is 0 Å². The number of phenolic OH excluding ortho intramolecular Hbond substituents is 1. The van der Waals surface area contributed by atoms with Gasteiger partial charge in [-0.3, -0.25) is 9.40 Å². The number of hydrogen-bond donors (Lipinski definition) is 2. The van der Waals surface area contributed by atoms with E-state index < -0.39 is 15.8 Å². The second-order valence-electron chi connectivity index (χ2n) is 3.56. The minimum Gasteiger partial charge on any atom is -0.506 e. The minimum absolute atomic E-state index is 0.0915. The normalized spacial score (nSPS) is 11.4. The van der Waals surface area contributed by atoms with Gasteiger partial charge in [0.05, 0.1) is 11.9 Å². The summed E-state index contributed by atoms with van der Waals surface area (Å²) in [6.45, 7) is 0. The molecule has 1 heterocycles. The number of halogens is 1. The predicted octanol–water partition coefficient (Wildman–Crippen LogP) is 1.07. The summed E-state index contributed by atoms with van der Waals surface area (Å²) < 4.78 is 40.1. The van der Waals surface area contributed by atoms with E-state index in [1.165, 1.54) is 19.3 Å². The number of aryl methyl sites for hydroxylation is 1. The molecular formula is C10H10FN3O3S. The Kier molecular flexibility index (Phi) is 2.95. The molecule has 0 aliphatic heterocycles. The lowest BCUT2D eigenvalue weighted by atomic mass is 10.3. The van der Waals surface area contributed by atoms with E-state index in [1.54, 1.807) is 0 Å². The minimum atomic E-state index is -3.92. The first-order valence-corrected chi connectivity index (χ1v) is 6.38. The van der Waals surface area contributed by atoms with Crippen LogP contribution in [0.25, 0.3) is 0 Å². The maximum absolute atomic E-state index is 13.0. The summed E-state index contributed by atoms with van der Waals surface area (Å²) in [6.07, 6.45) is 1.32. The van der Waals surface area contributed by atoms with Gasteiger partial charge in [-0.25, -0.2) is 4.39 Å². The van der Waals surface area contributed by atoms with Gasteiger partial charge in [0, 0.05) is 13.1 Å². The largest absolute Gasteiger partial charge is 0.506 e. The molecule has 2 N–H and O–H groups in total. The van der Waals surface area contributed by atoms with Crippen molar-refractivity contribution in [3.05, 3.63) is 36.3 Å². The highest BCUT2D eigenvalue weighted by atomic mass is 32.2. The lowest BCUT2D eigenvalue weighted by Crippen LogP contribution is -2.16. The van der Waals surface area contributed by atoms with Crippen LogP contribution in [0.4, 0.5) is 10.1 Å². The van der Waals surface area contributed by atoms with Gasteiger partial charge in [0.1, 0.15) is 11.6 Å². The first-order valence-electron chi connectivity index (χ1n) is 4.89. The SMILES string of the molecule is Cn1nccc1S(=O)(=O)Nc1cc(F)ccc1O. The van der Waals surface area contributed by atoms with Gasteiger partial charge in [-0.1, -0.05) is 0 Å². The molecular weight excluding hydrogens is 261 g/mol. The molecule has 1 aromatic carbocycles. The van der Waals surface area contributed by atoms with Crippen molar-refractivity contribution in [1.82, 2.24) is 9.78 Å². The summed E-state index contributed by atoms with van der Waals surface area (Å²) in [6, 6.07) is 4.27. The number of benzene rings is 1. The van der Waals surface area contributed by atoms with Crippen molar-refractivity contribution < 1.29 is 17.9 Å². The zero-order valence-electron chi connectivity index (χ0n) is 9.33. The zero-order valence-corrected chi connectivity index (χ0v) is 10.1. The Hall–Kier alpha value is -2.09. The van der Waals surface area contributed by atoms with Crippen LogP contribution in [0.1, 0.15) is 0 Å². The fourth-order valence-electron chi connectivity index (χ4n) is 1.41. The number of aromatic nitrogens is 2. The van der Waals surface area contributed by atoms with Crippen LogP contribution in [0, 0.1) is 5.82 Å². The number of hydrogen-bond acceptors (Lipinski definition) is 4. The molecule has 0 spiro atoms. The molecule has 0 fully saturated rings. The molecule has 1 aromatic heterocycles. The first-order chi connectivity index (χ1) is 8.40. The Morgan fingerprint density at radius 3 is 2.72 bits per heavy atom. The summed E-state index contributed by atoms with van der Waals surface area (Å²) in [5.74, 6) is -1.02. The predicted molar refractivity (Wildman–Crippen MR) is 62.1 cm³/mol. The highest BCUT2D eigenvalue weighted by Crippen LogP contribution is 2.26. The number of aromatic hydroxyl groups is 1. The van der Waals surface area contributed by atoms with E-state index in [0.717, 1.165) is 22.9 Å². The molecule has 0 bridgehead atoms. The number of phenols is 1. The van der Waals surface area contributed by atoms with E-state index >= 15 is 0 Å². The van der Waals surface area contributed by atoms with Crippen LogP contribution in [0.5, 0.6) is 5.75 Å². The average Bonchev–Trinajstić information content (AvgIpc) is 2.70. The van der Waals surface area contributed by atoms with Gasteiger partial charge in [-0.15, -0.1) is 0 Å². The second-order valence-corrected chi connectivity index (χ2v) is 5.19. The quantitative estimate of drug-likeness (QED) is 0.818. The fourth-order valence-corrected chi connectivity index (χ4v) is 2.61. The Balaban J connectivity index is 2.40. The number of anilines is 1. The van der Waals surface area contributed by atoms with Gasteiger partial charge >= 0.3 is 0 Å². The topological polar surface area (TPSA) is 84.2 Å². The lowest BCUT2D eigenvalue weighted by Gasteiger charge is -2.09. The Labute approximate surface area is 103 Å². The maximum atomic E-state index is 13.0. The van der Waals surface area contributed by atoms with E-state index in [9.17, 15) is 17.9 Å². The van der Waals surface area contributed by atoms with Crippen molar-refractivity contribution in [1.29, 1.82) is 0 Å². The van der Waals surface area contributed by atoms with Crippen molar-refractivity contribution >= 4 is 15.7 Å². The molecule has 0 saturated carbocycles. The molecule has 96 valence electrons. The van der Waals surface area contributed by atoms with Crippen LogP contribution < -0.4 is 4.72 Å². The Morgan fingerprint density at radius 1 is 1.39 bits per heavy atom. The summed E-state index contributed by atoms with van der Waals surface area (Å²) in [7, 11) is -2.46. The fraction of sp³-hybridized carbons (Fsp3) is 0.100. The van der Waals surface area contributed by atoms with Crippen LogP contribution in [0.2, 0.25) is 0 Å². The van der Waals surface area contributed by atoms with Gasteiger partial charge in [0.25, 0.3) is 10.0 Å². The van der Waals surface area contributed by atoms with Crippen molar-refractivity contribution in [2.24, 2.45) is 7.05 Å². The van der Waals surface area contributed by atoms with Crippen molar-refractivity contribution in [2.45, 2.75) is 5.03 Å². The Bertz CT molecular complexity index is 681. The van der Waals surface area contributed by atoms with Gasteiger partial charge in [-0.2, -0.15) is 13.5 Å². The highest BCUT2D eigenvalue weighted by molar-refractivity contribution is 7.92. The summed E-state index contributed by atoms with van der Waals surface area (Å²) in [5, 5.41) is 13.1. The molecule has 8 heteroatoms. The number of nitrogens with one attached hydrogen (secondary N) is 1. The van der Waals surface area contributed by atoms with Crippen LogP contribution in [-0.4, -0.2) is 23.3 Å². The van der Waals surface area contributed by atoms with Crippen LogP contribution in [0.15, 0.2) is 35.5 Å². The van der Waals surface area contributed by atoms with Crippen LogP contribution >= 0.6 is 0 Å². The molecule has 0 amide bonds. The third-order valence-electron chi connectivity index (χ3n) is 2.25. The van der Waals surface area contributed by atoms with Gasteiger partial charge < -0.3 is 5.11 Å². The number of nitrogens with zero attached hydrogens (tertiary/aromatic N) is 2. The maximum Gasteiger partial charge on any atom is 0.279 e. The monoisotopic (exact) mass is 271 g/mol.